The van der Waals surface area contributed by atoms with Gasteiger partial charge in [-0.1, -0.05) is 17.7 Å². The molecule has 33 heavy (non-hydrogen) atoms. The Morgan fingerprint density at radius 3 is 2.70 bits per heavy atom. The van der Waals surface area contributed by atoms with Crippen LogP contribution in [0.4, 0.5) is 10.6 Å². The number of benzene rings is 1. The first-order chi connectivity index (χ1) is 15.8. The van der Waals surface area contributed by atoms with Gasteiger partial charge in [-0.05, 0) is 54.8 Å². The van der Waals surface area contributed by atoms with E-state index in [-0.39, 0.29) is 24.1 Å². The zero-order valence-corrected chi connectivity index (χ0v) is 18.7. The highest BCUT2D eigenvalue weighted by Crippen LogP contribution is 2.20. The molecule has 0 spiro atoms. The third-order valence-electron chi connectivity index (χ3n) is 5.17. The number of H-pyrrole nitrogens is 1. The Labute approximate surface area is 194 Å². The number of fused-ring (bicyclic) bond motifs is 1. The monoisotopic (exact) mass is 464 g/mol. The number of halogens is 1. The summed E-state index contributed by atoms with van der Waals surface area (Å²) in [7, 11) is 0. The zero-order chi connectivity index (χ0) is 23.5. The number of rotatable bonds is 6. The summed E-state index contributed by atoms with van der Waals surface area (Å²) in [6.45, 7) is 3.84. The van der Waals surface area contributed by atoms with Gasteiger partial charge >= 0.3 is 6.09 Å². The number of carbonyl (C=O) groups excluding carboxylic acids is 1. The topological polar surface area (TPSA) is 133 Å². The van der Waals surface area contributed by atoms with Crippen molar-refractivity contribution in [1.29, 1.82) is 0 Å². The first-order valence-electron chi connectivity index (χ1n) is 10.1. The molecule has 4 N–H and O–H groups in total. The molecule has 0 atom stereocenters. The molecule has 3 aromatic heterocycles. The average molecular weight is 465 g/mol. The van der Waals surface area contributed by atoms with Gasteiger partial charge in [0.2, 0.25) is 0 Å². The van der Waals surface area contributed by atoms with E-state index in [2.05, 4.69) is 30.6 Å². The molecular weight excluding hydrogens is 444 g/mol. The number of nitrogens with one attached hydrogen (secondary N) is 3. The summed E-state index contributed by atoms with van der Waals surface area (Å²) >= 11 is 6.04. The normalized spacial score (nSPS) is 10.9. The van der Waals surface area contributed by atoms with Gasteiger partial charge in [0.15, 0.2) is 5.82 Å². The van der Waals surface area contributed by atoms with Gasteiger partial charge in [0.1, 0.15) is 5.82 Å². The summed E-state index contributed by atoms with van der Waals surface area (Å²) in [5, 5.41) is 15.4. The number of aromatic amines is 1. The minimum Gasteiger partial charge on any atom is -0.465 e. The molecule has 0 aliphatic carbocycles. The quantitative estimate of drug-likeness (QED) is 0.337. The number of hydrogen-bond acceptors (Lipinski definition) is 5. The fourth-order valence-electron chi connectivity index (χ4n) is 3.60. The molecule has 3 heterocycles. The van der Waals surface area contributed by atoms with Gasteiger partial charge in [0.05, 0.1) is 10.5 Å². The maximum absolute atomic E-state index is 12.6. The van der Waals surface area contributed by atoms with E-state index in [0.29, 0.717) is 17.1 Å². The average Bonchev–Trinajstić information content (AvgIpc) is 3.21. The second kappa shape index (κ2) is 9.25. The van der Waals surface area contributed by atoms with E-state index in [0.717, 1.165) is 33.3 Å². The van der Waals surface area contributed by atoms with Crippen molar-refractivity contribution in [1.82, 2.24) is 25.3 Å². The van der Waals surface area contributed by atoms with Crippen LogP contribution in [0, 0.1) is 13.8 Å². The van der Waals surface area contributed by atoms with Crippen molar-refractivity contribution in [3.8, 4) is 0 Å². The molecule has 0 fully saturated rings. The highest BCUT2D eigenvalue weighted by molar-refractivity contribution is 6.31. The summed E-state index contributed by atoms with van der Waals surface area (Å²) in [6.07, 6.45) is 2.65. The third kappa shape index (κ3) is 5.27. The predicted molar refractivity (Wildman–Crippen MR) is 125 cm³/mol. The molecule has 10 heteroatoms. The number of amides is 2. The van der Waals surface area contributed by atoms with E-state index in [4.69, 9.17) is 16.7 Å². The highest BCUT2D eigenvalue weighted by Gasteiger charge is 2.14. The van der Waals surface area contributed by atoms with Crippen LogP contribution < -0.4 is 10.6 Å². The molecule has 0 saturated carbocycles. The molecule has 0 saturated heterocycles. The number of aryl methyl sites for hydroxylation is 2. The molecule has 4 rings (SSSR count). The van der Waals surface area contributed by atoms with Gasteiger partial charge in [-0.3, -0.25) is 15.1 Å². The Morgan fingerprint density at radius 2 is 1.94 bits per heavy atom. The van der Waals surface area contributed by atoms with E-state index in [9.17, 15) is 9.59 Å². The number of anilines is 1. The van der Waals surface area contributed by atoms with Crippen molar-refractivity contribution in [2.24, 2.45) is 0 Å². The minimum atomic E-state index is -1.18. The largest absolute Gasteiger partial charge is 0.465 e. The first-order valence-corrected chi connectivity index (χ1v) is 10.5. The number of imidazole rings is 1. The summed E-state index contributed by atoms with van der Waals surface area (Å²) in [6, 6.07) is 9.41. The summed E-state index contributed by atoms with van der Waals surface area (Å²) in [4.78, 5) is 39.2. The lowest BCUT2D eigenvalue weighted by molar-refractivity contribution is 0.0941. The molecule has 0 aliphatic rings. The molecule has 0 radical (unpaired) electrons. The lowest BCUT2D eigenvalue weighted by Gasteiger charge is -2.12. The minimum absolute atomic E-state index is 0.211. The van der Waals surface area contributed by atoms with Crippen LogP contribution in [0.5, 0.6) is 0 Å². The van der Waals surface area contributed by atoms with Gasteiger partial charge in [0, 0.05) is 42.1 Å². The van der Waals surface area contributed by atoms with Crippen LogP contribution in [-0.4, -0.2) is 37.0 Å². The highest BCUT2D eigenvalue weighted by atomic mass is 35.5. The van der Waals surface area contributed by atoms with Crippen LogP contribution in [0.15, 0.2) is 42.7 Å². The van der Waals surface area contributed by atoms with Crippen molar-refractivity contribution >= 4 is 40.3 Å². The number of carbonyl (C=O) groups is 2. The number of hydrogen-bond donors (Lipinski definition) is 4. The Hall–Kier alpha value is -3.98. The maximum atomic E-state index is 12.6. The number of nitrogens with zero attached hydrogens (tertiary/aromatic N) is 3. The fourth-order valence-corrected chi connectivity index (χ4v) is 3.77. The Kier molecular flexibility index (Phi) is 6.23. The van der Waals surface area contributed by atoms with Crippen LogP contribution >= 0.6 is 11.6 Å². The second-order valence-electron chi connectivity index (χ2n) is 7.62. The molecule has 4 aromatic rings. The first kappa shape index (κ1) is 22.2. The lowest BCUT2D eigenvalue weighted by Crippen LogP contribution is -2.25. The van der Waals surface area contributed by atoms with Crippen LogP contribution in [0.1, 0.15) is 38.7 Å². The van der Waals surface area contributed by atoms with Crippen molar-refractivity contribution in [3.05, 3.63) is 81.7 Å². The molecule has 1 aromatic carbocycles. The van der Waals surface area contributed by atoms with Gasteiger partial charge in [-0.2, -0.15) is 0 Å². The van der Waals surface area contributed by atoms with Crippen molar-refractivity contribution in [2.75, 3.05) is 5.32 Å². The summed E-state index contributed by atoms with van der Waals surface area (Å²) in [5.41, 5.74) is 4.96. The zero-order valence-electron chi connectivity index (χ0n) is 17.9. The number of pyridine rings is 2. The van der Waals surface area contributed by atoms with Gasteiger partial charge in [-0.25, -0.2) is 14.8 Å². The van der Waals surface area contributed by atoms with Crippen LogP contribution in [0.3, 0.4) is 0 Å². The van der Waals surface area contributed by atoms with Crippen LogP contribution in [-0.2, 0) is 13.0 Å². The summed E-state index contributed by atoms with van der Waals surface area (Å²) < 4.78 is 0. The molecule has 2 amide bonds. The summed E-state index contributed by atoms with van der Waals surface area (Å²) in [5.74, 6) is 0.111. The lowest BCUT2D eigenvalue weighted by atomic mass is 10.1. The van der Waals surface area contributed by atoms with E-state index in [1.54, 1.807) is 25.4 Å². The Bertz CT molecular complexity index is 1340. The molecule has 168 valence electrons. The van der Waals surface area contributed by atoms with E-state index < -0.39 is 6.09 Å². The fraction of sp³-hybridized carbons (Fsp3) is 0.174. The SMILES string of the molecule is Cc1cc(NC(=O)O)nc(C)c1CNC(=O)c1ncc(Cc2ccc3ncc(Cl)cc3c2)[nH]1. The van der Waals surface area contributed by atoms with Crippen molar-refractivity contribution in [2.45, 2.75) is 26.8 Å². The van der Waals surface area contributed by atoms with Crippen LogP contribution in [0.2, 0.25) is 5.02 Å². The number of carboxylic acid groups (broad SMARTS) is 1. The smallest absolute Gasteiger partial charge is 0.410 e. The second-order valence-corrected chi connectivity index (χ2v) is 8.05. The van der Waals surface area contributed by atoms with E-state index >= 15 is 0 Å². The Morgan fingerprint density at radius 1 is 1.12 bits per heavy atom. The number of aromatic nitrogens is 4. The molecule has 9 nitrogen and oxygen atoms in total. The van der Waals surface area contributed by atoms with Gasteiger partial charge in [0.25, 0.3) is 5.91 Å². The Balaban J connectivity index is 1.42. The van der Waals surface area contributed by atoms with Crippen LogP contribution in [0.25, 0.3) is 10.9 Å². The van der Waals surface area contributed by atoms with Crippen molar-refractivity contribution < 1.29 is 14.7 Å². The molecule has 0 aliphatic heterocycles. The van der Waals surface area contributed by atoms with E-state index in [1.165, 1.54) is 0 Å². The van der Waals surface area contributed by atoms with Gasteiger partial charge < -0.3 is 15.4 Å². The molecular formula is C23H21ClN6O3. The predicted octanol–water partition coefficient (Wildman–Crippen LogP) is 4.23. The molecule has 0 bridgehead atoms. The van der Waals surface area contributed by atoms with E-state index in [1.807, 2.05) is 31.2 Å². The third-order valence-corrected chi connectivity index (χ3v) is 5.37. The maximum Gasteiger partial charge on any atom is 0.410 e. The standard InChI is InChI=1S/C23H21ClN6O3/c1-12-5-20(30-23(32)33)28-13(2)18(12)11-27-22(31)21-26-10-17(29-21)7-14-3-4-19-15(6-14)8-16(24)9-25-19/h3-6,8-10H,7,11H2,1-2H3,(H,26,29)(H,27,31)(H,28,30)(H,32,33). The van der Waals surface area contributed by atoms with Crippen molar-refractivity contribution in [3.63, 3.8) is 0 Å². The molecule has 0 unspecified atom stereocenters. The van der Waals surface area contributed by atoms with Gasteiger partial charge in [-0.15, -0.1) is 0 Å².